The zero-order valence-electron chi connectivity index (χ0n) is 17.1. The molecular weight excluding hydrogens is 404 g/mol. The van der Waals surface area contributed by atoms with E-state index in [2.05, 4.69) is 22.3 Å². The molecule has 2 N–H and O–H groups in total. The number of amides is 1. The number of furan rings is 1. The molecule has 160 valence electrons. The van der Waals surface area contributed by atoms with Crippen molar-refractivity contribution in [2.45, 2.75) is 44.8 Å². The number of carbonyl (C=O) groups is 1. The highest BCUT2D eigenvalue weighted by molar-refractivity contribution is 5.91. The molecule has 0 fully saturated rings. The number of aromatic nitrogens is 2. The maximum Gasteiger partial charge on any atom is 0.287 e. The maximum absolute atomic E-state index is 14.2. The highest BCUT2D eigenvalue weighted by atomic mass is 19.1. The number of hydrogen-bond donors (Lipinski definition) is 2. The fourth-order valence-corrected chi connectivity index (χ4v) is 3.54. The van der Waals surface area contributed by atoms with Crippen LogP contribution in [0.25, 0.3) is 5.69 Å². The van der Waals surface area contributed by atoms with Gasteiger partial charge in [0.05, 0.1) is 12.2 Å². The molecule has 31 heavy (non-hydrogen) atoms. The molecule has 0 radical (unpaired) electrons. The van der Waals surface area contributed by atoms with Crippen LogP contribution < -0.4 is 5.32 Å². The van der Waals surface area contributed by atoms with Crippen molar-refractivity contribution < 1.29 is 23.1 Å². The third-order valence-electron chi connectivity index (χ3n) is 4.95. The van der Waals surface area contributed by atoms with E-state index < -0.39 is 23.1 Å². The van der Waals surface area contributed by atoms with Crippen molar-refractivity contribution in [3.8, 4) is 17.5 Å². The fraction of sp³-hybridized carbons (Fsp3) is 0.304. The first-order valence-corrected chi connectivity index (χ1v) is 9.90. The van der Waals surface area contributed by atoms with Crippen molar-refractivity contribution in [2.24, 2.45) is 0 Å². The molecule has 0 bridgehead atoms. The zero-order valence-corrected chi connectivity index (χ0v) is 17.1. The smallest absolute Gasteiger partial charge is 0.287 e. The third-order valence-corrected chi connectivity index (χ3v) is 4.95. The van der Waals surface area contributed by atoms with Gasteiger partial charge in [-0.2, -0.15) is 5.10 Å². The van der Waals surface area contributed by atoms with Gasteiger partial charge < -0.3 is 14.8 Å². The second kappa shape index (κ2) is 8.00. The van der Waals surface area contributed by atoms with Crippen LogP contribution in [0.15, 0.2) is 40.9 Å². The van der Waals surface area contributed by atoms with Crippen molar-refractivity contribution >= 4 is 5.91 Å². The molecule has 1 aliphatic carbocycles. The van der Waals surface area contributed by atoms with Gasteiger partial charge in [-0.3, -0.25) is 4.79 Å². The first kappa shape index (κ1) is 20.8. The van der Waals surface area contributed by atoms with Crippen molar-refractivity contribution in [3.63, 3.8) is 0 Å². The molecule has 1 aliphatic rings. The summed E-state index contributed by atoms with van der Waals surface area (Å²) in [6, 6.07) is 6.12. The molecule has 8 heteroatoms. The van der Waals surface area contributed by atoms with Crippen LogP contribution in [-0.4, -0.2) is 26.4 Å². The predicted octanol–water partition coefficient (Wildman–Crippen LogP) is 3.67. The van der Waals surface area contributed by atoms with Crippen LogP contribution in [0, 0.1) is 23.5 Å². The summed E-state index contributed by atoms with van der Waals surface area (Å²) in [6.45, 7) is 3.10. The zero-order chi connectivity index (χ0) is 22.2. The quantitative estimate of drug-likeness (QED) is 0.628. The van der Waals surface area contributed by atoms with E-state index in [-0.39, 0.29) is 23.2 Å². The van der Waals surface area contributed by atoms with Crippen LogP contribution in [0.5, 0.6) is 0 Å². The molecule has 4 rings (SSSR count). The molecule has 2 aromatic heterocycles. The Morgan fingerprint density at radius 1 is 1.32 bits per heavy atom. The molecule has 2 heterocycles. The normalized spacial score (nSPS) is 15.7. The molecular formula is C23H21F2N3O3. The van der Waals surface area contributed by atoms with Crippen molar-refractivity contribution in [3.05, 3.63) is 70.9 Å². The van der Waals surface area contributed by atoms with Gasteiger partial charge in [0.2, 0.25) is 0 Å². The van der Waals surface area contributed by atoms with Crippen LogP contribution in [0.1, 0.15) is 60.3 Å². The number of halogens is 2. The lowest BCUT2D eigenvalue weighted by Gasteiger charge is -2.24. The standard InChI is InChI=1S/C23H21F2N3O3/c1-23(2,30)11-10-15-7-9-21(31-15)22(29)27-18-4-3-5-19-16(18)13-26-28(19)20-8-6-14(24)12-17(20)25/h6-9,12-13,18,30H,3-5H2,1-2H3,(H,27,29)/t18-/m0/s1. The number of benzene rings is 1. The van der Waals surface area contributed by atoms with Crippen LogP contribution in [-0.2, 0) is 6.42 Å². The van der Waals surface area contributed by atoms with E-state index in [0.29, 0.717) is 12.8 Å². The lowest BCUT2D eigenvalue weighted by Crippen LogP contribution is -2.30. The van der Waals surface area contributed by atoms with Gasteiger partial charge in [-0.25, -0.2) is 13.5 Å². The molecule has 6 nitrogen and oxygen atoms in total. The summed E-state index contributed by atoms with van der Waals surface area (Å²) in [5.74, 6) is 3.92. The molecule has 0 saturated heterocycles. The Bertz CT molecular complexity index is 1190. The number of nitrogens with zero attached hydrogens (tertiary/aromatic N) is 2. The predicted molar refractivity (Wildman–Crippen MR) is 109 cm³/mol. The van der Waals surface area contributed by atoms with Gasteiger partial charge in [0.15, 0.2) is 17.3 Å². The molecule has 3 aromatic rings. The topological polar surface area (TPSA) is 80.3 Å². The summed E-state index contributed by atoms with van der Waals surface area (Å²) in [6.07, 6.45) is 3.73. The summed E-state index contributed by atoms with van der Waals surface area (Å²) >= 11 is 0. The molecule has 0 saturated carbocycles. The van der Waals surface area contributed by atoms with Crippen LogP contribution in [0.3, 0.4) is 0 Å². The van der Waals surface area contributed by atoms with Gasteiger partial charge in [0, 0.05) is 17.3 Å². The Morgan fingerprint density at radius 3 is 2.87 bits per heavy atom. The summed E-state index contributed by atoms with van der Waals surface area (Å²) in [5, 5.41) is 16.9. The van der Waals surface area contributed by atoms with Crippen molar-refractivity contribution in [2.75, 3.05) is 0 Å². The summed E-state index contributed by atoms with van der Waals surface area (Å²) in [7, 11) is 0. The monoisotopic (exact) mass is 425 g/mol. The molecule has 0 spiro atoms. The highest BCUT2D eigenvalue weighted by Gasteiger charge is 2.28. The summed E-state index contributed by atoms with van der Waals surface area (Å²) in [4.78, 5) is 12.7. The van der Waals surface area contributed by atoms with Crippen molar-refractivity contribution in [1.82, 2.24) is 15.1 Å². The number of nitrogens with one attached hydrogen (secondary N) is 1. The van der Waals surface area contributed by atoms with Gasteiger partial charge in [-0.05, 0) is 63.3 Å². The van der Waals surface area contributed by atoms with Crippen LogP contribution >= 0.6 is 0 Å². The van der Waals surface area contributed by atoms with Gasteiger partial charge in [0.25, 0.3) is 5.91 Å². The van der Waals surface area contributed by atoms with E-state index in [4.69, 9.17) is 4.42 Å². The number of aliphatic hydroxyl groups is 1. The van der Waals surface area contributed by atoms with Crippen LogP contribution in [0.2, 0.25) is 0 Å². The molecule has 0 unspecified atom stereocenters. The minimum Gasteiger partial charge on any atom is -0.443 e. The Balaban J connectivity index is 1.54. The van der Waals surface area contributed by atoms with Gasteiger partial charge in [-0.1, -0.05) is 5.92 Å². The Morgan fingerprint density at radius 2 is 2.13 bits per heavy atom. The van der Waals surface area contributed by atoms with Gasteiger partial charge in [0.1, 0.15) is 17.1 Å². The van der Waals surface area contributed by atoms with E-state index in [9.17, 15) is 18.7 Å². The minimum absolute atomic E-state index is 0.101. The maximum atomic E-state index is 14.2. The number of carbonyl (C=O) groups excluding carboxylic acids is 1. The number of hydrogen-bond acceptors (Lipinski definition) is 4. The summed E-state index contributed by atoms with van der Waals surface area (Å²) < 4.78 is 34.4. The van der Waals surface area contributed by atoms with E-state index in [1.807, 2.05) is 0 Å². The molecule has 1 atom stereocenters. The van der Waals surface area contributed by atoms with Crippen LogP contribution in [0.4, 0.5) is 8.78 Å². The van der Waals surface area contributed by atoms with Crippen molar-refractivity contribution in [1.29, 1.82) is 0 Å². The summed E-state index contributed by atoms with van der Waals surface area (Å²) in [5.41, 5.74) is 0.559. The average Bonchev–Trinajstić information content (AvgIpc) is 3.34. The van der Waals surface area contributed by atoms with E-state index in [1.165, 1.54) is 22.9 Å². The Hall–Kier alpha value is -3.44. The average molecular weight is 425 g/mol. The SMILES string of the molecule is CC(C)(O)C#Cc1ccc(C(=O)N[C@H]2CCCc3c2cnn3-c2ccc(F)cc2F)o1. The minimum atomic E-state index is -1.17. The molecule has 1 amide bonds. The first-order chi connectivity index (χ1) is 14.7. The second-order valence-corrected chi connectivity index (χ2v) is 7.95. The molecule has 1 aromatic carbocycles. The highest BCUT2D eigenvalue weighted by Crippen LogP contribution is 2.32. The lowest BCUT2D eigenvalue weighted by molar-refractivity contribution is 0.0904. The van der Waals surface area contributed by atoms with E-state index in [0.717, 1.165) is 23.7 Å². The Labute approximate surface area is 177 Å². The first-order valence-electron chi connectivity index (χ1n) is 9.90. The van der Waals surface area contributed by atoms with Gasteiger partial charge in [-0.15, -0.1) is 0 Å². The van der Waals surface area contributed by atoms with E-state index in [1.54, 1.807) is 26.1 Å². The number of rotatable bonds is 3. The number of fused-ring (bicyclic) bond motifs is 1. The Kier molecular flexibility index (Phi) is 5.38. The molecule has 0 aliphatic heterocycles. The fourth-order valence-electron chi connectivity index (χ4n) is 3.54. The third kappa shape index (κ3) is 4.52. The van der Waals surface area contributed by atoms with Gasteiger partial charge >= 0.3 is 0 Å². The largest absolute Gasteiger partial charge is 0.443 e. The van der Waals surface area contributed by atoms with E-state index >= 15 is 0 Å². The second-order valence-electron chi connectivity index (χ2n) is 7.95. The lowest BCUT2D eigenvalue weighted by atomic mass is 9.92.